The van der Waals surface area contributed by atoms with Gasteiger partial charge in [-0.25, -0.2) is 4.79 Å². The maximum Gasteiger partial charge on any atom is 0.326 e. The number of hydrogen-bond donors (Lipinski definition) is 9. The molecule has 0 saturated heterocycles. The van der Waals surface area contributed by atoms with E-state index in [1.165, 1.54) is 13.8 Å². The Morgan fingerprint density at radius 2 is 1.28 bits per heavy atom. The summed E-state index contributed by atoms with van der Waals surface area (Å²) in [4.78, 5) is 62.4. The molecule has 0 rings (SSSR count). The van der Waals surface area contributed by atoms with Crippen molar-refractivity contribution >= 4 is 41.4 Å². The Morgan fingerprint density at radius 1 is 0.744 bits per heavy atom. The van der Waals surface area contributed by atoms with E-state index in [1.807, 2.05) is 6.26 Å². The van der Waals surface area contributed by atoms with E-state index >= 15 is 0 Å². The number of nitrogens with one attached hydrogen (secondary N) is 4. The lowest BCUT2D eigenvalue weighted by molar-refractivity contribution is -0.143. The summed E-state index contributed by atoms with van der Waals surface area (Å²) in [5.41, 5.74) is 16.9. The van der Waals surface area contributed by atoms with Crippen molar-refractivity contribution in [3.63, 3.8) is 0 Å². The molecule has 0 aliphatic heterocycles. The summed E-state index contributed by atoms with van der Waals surface area (Å²) in [5, 5.41) is 29.3. The molecule has 6 atom stereocenters. The van der Waals surface area contributed by atoms with Crippen LogP contribution in [0.5, 0.6) is 0 Å². The van der Waals surface area contributed by atoms with Crippen LogP contribution in [0.1, 0.15) is 58.8 Å². The third-order valence-corrected chi connectivity index (χ3v) is 6.57. The second-order valence-corrected chi connectivity index (χ2v) is 10.4. The number of rotatable bonds is 21. The van der Waals surface area contributed by atoms with Crippen molar-refractivity contribution in [2.45, 2.75) is 95.1 Å². The molecular formula is C24H47N7O7S. The lowest BCUT2D eigenvalue weighted by Crippen LogP contribution is -2.60. The Kier molecular flexibility index (Phi) is 19.2. The smallest absolute Gasteiger partial charge is 0.326 e. The minimum Gasteiger partial charge on any atom is -0.480 e. The lowest BCUT2D eigenvalue weighted by atomic mass is 10.1. The zero-order valence-corrected chi connectivity index (χ0v) is 23.9. The number of aliphatic hydroxyl groups excluding tert-OH is 1. The van der Waals surface area contributed by atoms with Crippen LogP contribution in [0, 0.1) is 0 Å². The maximum absolute atomic E-state index is 12.9. The number of aliphatic hydroxyl groups is 1. The van der Waals surface area contributed by atoms with Gasteiger partial charge in [-0.15, -0.1) is 0 Å². The van der Waals surface area contributed by atoms with Gasteiger partial charge in [-0.1, -0.05) is 0 Å². The molecule has 12 N–H and O–H groups in total. The number of thioether (sulfide) groups is 1. The highest BCUT2D eigenvalue weighted by molar-refractivity contribution is 7.98. The molecule has 39 heavy (non-hydrogen) atoms. The van der Waals surface area contributed by atoms with Gasteiger partial charge in [-0.3, -0.25) is 19.2 Å². The summed E-state index contributed by atoms with van der Waals surface area (Å²) in [5.74, 6) is -3.36. The second kappa shape index (κ2) is 20.4. The number of carbonyl (C=O) groups is 5. The van der Waals surface area contributed by atoms with Crippen LogP contribution in [0.2, 0.25) is 0 Å². The van der Waals surface area contributed by atoms with Crippen molar-refractivity contribution in [1.82, 2.24) is 21.3 Å². The molecule has 0 unspecified atom stereocenters. The Morgan fingerprint density at radius 3 is 1.77 bits per heavy atom. The van der Waals surface area contributed by atoms with Crippen molar-refractivity contribution in [2.24, 2.45) is 17.2 Å². The van der Waals surface area contributed by atoms with Crippen LogP contribution in [-0.4, -0.2) is 101 Å². The van der Waals surface area contributed by atoms with Crippen LogP contribution in [0.15, 0.2) is 0 Å². The zero-order valence-electron chi connectivity index (χ0n) is 23.1. The summed E-state index contributed by atoms with van der Waals surface area (Å²) < 4.78 is 0. The van der Waals surface area contributed by atoms with Gasteiger partial charge in [0, 0.05) is 0 Å². The molecule has 0 aromatic carbocycles. The normalized spacial score (nSPS) is 15.7. The number of nitrogens with two attached hydrogens (primary N) is 3. The van der Waals surface area contributed by atoms with Gasteiger partial charge in [0.25, 0.3) is 0 Å². The molecule has 0 spiro atoms. The number of carboxylic acid groups (broad SMARTS) is 1. The first-order chi connectivity index (χ1) is 18.4. The average Bonchev–Trinajstić information content (AvgIpc) is 2.88. The molecule has 226 valence electrons. The van der Waals surface area contributed by atoms with Crippen LogP contribution < -0.4 is 38.5 Å². The maximum atomic E-state index is 12.9. The molecule has 0 fully saturated rings. The fraction of sp³-hybridized carbons (Fsp3) is 0.792. The van der Waals surface area contributed by atoms with Gasteiger partial charge in [0.2, 0.25) is 23.6 Å². The van der Waals surface area contributed by atoms with E-state index in [2.05, 4.69) is 21.3 Å². The molecule has 0 aromatic rings. The molecular weight excluding hydrogens is 530 g/mol. The highest BCUT2D eigenvalue weighted by Crippen LogP contribution is 2.06. The number of carboxylic acids is 1. The standard InChI is InChI=1S/C24H47N7O7S/c1-14(28-22(35)17(8-4-6-11-25)29-21(34)16(27)10-13-39-3)20(33)31-19(15(2)32)23(36)30-18(24(37)38)9-5-7-12-26/h14-19,32H,4-13,25-27H2,1-3H3,(H,28,35)(H,29,34)(H,30,36)(H,31,33)(H,37,38)/t14-,15+,16-,17-,18-,19-/m0/s1. The van der Waals surface area contributed by atoms with E-state index in [9.17, 15) is 34.2 Å². The minimum atomic E-state index is -1.47. The summed E-state index contributed by atoms with van der Waals surface area (Å²) in [6, 6.07) is -5.59. The fourth-order valence-corrected chi connectivity index (χ4v) is 3.98. The molecule has 0 aliphatic carbocycles. The van der Waals surface area contributed by atoms with Crippen molar-refractivity contribution in [3.05, 3.63) is 0 Å². The van der Waals surface area contributed by atoms with E-state index < -0.39 is 65.9 Å². The molecule has 15 heteroatoms. The van der Waals surface area contributed by atoms with E-state index in [0.29, 0.717) is 50.9 Å². The van der Waals surface area contributed by atoms with Gasteiger partial charge in [-0.05, 0) is 83.9 Å². The first kappa shape index (κ1) is 36.5. The molecule has 0 bridgehead atoms. The summed E-state index contributed by atoms with van der Waals surface area (Å²) in [7, 11) is 0. The summed E-state index contributed by atoms with van der Waals surface area (Å²) in [6.45, 7) is 3.42. The second-order valence-electron chi connectivity index (χ2n) is 9.37. The van der Waals surface area contributed by atoms with Gasteiger partial charge >= 0.3 is 5.97 Å². The molecule has 0 aromatic heterocycles. The Balaban J connectivity index is 5.29. The molecule has 0 aliphatic rings. The van der Waals surface area contributed by atoms with Gasteiger partial charge < -0.3 is 48.7 Å². The highest BCUT2D eigenvalue weighted by Gasteiger charge is 2.32. The topological polar surface area (TPSA) is 252 Å². The van der Waals surface area contributed by atoms with E-state index in [1.54, 1.807) is 11.8 Å². The SMILES string of the molecule is CSCC[C@H](N)C(=O)N[C@@H](CCCCN)C(=O)N[C@@H](C)C(=O)N[C@H](C(=O)N[C@@H](CCCCN)C(=O)O)[C@@H](C)O. The van der Waals surface area contributed by atoms with Crippen molar-refractivity contribution in [2.75, 3.05) is 25.1 Å². The number of amides is 4. The Hall–Kier alpha value is -2.46. The molecule has 0 radical (unpaired) electrons. The zero-order chi connectivity index (χ0) is 30.0. The van der Waals surface area contributed by atoms with Gasteiger partial charge in [0.05, 0.1) is 12.1 Å². The van der Waals surface area contributed by atoms with Crippen molar-refractivity contribution < 1.29 is 34.2 Å². The summed E-state index contributed by atoms with van der Waals surface area (Å²) >= 11 is 1.54. The van der Waals surface area contributed by atoms with Crippen LogP contribution in [0.25, 0.3) is 0 Å². The number of aliphatic carboxylic acids is 1. The lowest BCUT2D eigenvalue weighted by Gasteiger charge is -2.26. The van der Waals surface area contributed by atoms with E-state index in [0.717, 1.165) is 0 Å². The van der Waals surface area contributed by atoms with E-state index in [-0.39, 0.29) is 12.8 Å². The van der Waals surface area contributed by atoms with Crippen LogP contribution in [0.3, 0.4) is 0 Å². The van der Waals surface area contributed by atoms with Gasteiger partial charge in [0.1, 0.15) is 24.2 Å². The average molecular weight is 578 g/mol. The summed E-state index contributed by atoms with van der Waals surface area (Å²) in [6.07, 6.45) is 3.58. The number of hydrogen-bond acceptors (Lipinski definition) is 10. The quantitative estimate of drug-likeness (QED) is 0.0659. The Bertz CT molecular complexity index is 788. The largest absolute Gasteiger partial charge is 0.480 e. The van der Waals surface area contributed by atoms with Crippen molar-refractivity contribution in [3.8, 4) is 0 Å². The van der Waals surface area contributed by atoms with Crippen molar-refractivity contribution in [1.29, 1.82) is 0 Å². The highest BCUT2D eigenvalue weighted by atomic mass is 32.2. The number of unbranched alkanes of at least 4 members (excludes halogenated alkanes) is 2. The molecule has 0 heterocycles. The Labute approximate surface area is 234 Å². The van der Waals surface area contributed by atoms with Gasteiger partial charge in [0.15, 0.2) is 0 Å². The van der Waals surface area contributed by atoms with Crippen LogP contribution in [-0.2, 0) is 24.0 Å². The number of carbonyl (C=O) groups excluding carboxylic acids is 4. The monoisotopic (exact) mass is 577 g/mol. The van der Waals surface area contributed by atoms with Crippen LogP contribution in [0.4, 0.5) is 0 Å². The molecule has 0 saturated carbocycles. The predicted molar refractivity (Wildman–Crippen MR) is 149 cm³/mol. The van der Waals surface area contributed by atoms with Crippen LogP contribution >= 0.6 is 11.8 Å². The van der Waals surface area contributed by atoms with E-state index in [4.69, 9.17) is 17.2 Å². The minimum absolute atomic E-state index is 0.128. The van der Waals surface area contributed by atoms with Gasteiger partial charge in [-0.2, -0.15) is 11.8 Å². The third kappa shape index (κ3) is 15.1. The third-order valence-electron chi connectivity index (χ3n) is 5.93. The molecule has 14 nitrogen and oxygen atoms in total. The predicted octanol–water partition coefficient (Wildman–Crippen LogP) is -2.25. The first-order valence-electron chi connectivity index (χ1n) is 13.2. The molecule has 4 amide bonds. The fourth-order valence-electron chi connectivity index (χ4n) is 3.49. The first-order valence-corrected chi connectivity index (χ1v) is 14.6.